The lowest BCUT2D eigenvalue weighted by Crippen LogP contribution is -2.51. The van der Waals surface area contributed by atoms with Gasteiger partial charge in [-0.3, -0.25) is 14.8 Å². The van der Waals surface area contributed by atoms with E-state index in [-0.39, 0.29) is 18.1 Å². The number of likely N-dealkylation sites (tertiary alicyclic amines) is 1. The zero-order valence-corrected chi connectivity index (χ0v) is 19.6. The van der Waals surface area contributed by atoms with Gasteiger partial charge in [0.2, 0.25) is 0 Å². The Balaban J connectivity index is 1.35. The second kappa shape index (κ2) is 8.75. The van der Waals surface area contributed by atoms with Gasteiger partial charge in [-0.1, -0.05) is 6.07 Å². The van der Waals surface area contributed by atoms with E-state index in [1.807, 2.05) is 35.4 Å². The summed E-state index contributed by atoms with van der Waals surface area (Å²) < 4.78 is 8.22. The van der Waals surface area contributed by atoms with Crippen LogP contribution in [-0.2, 0) is 11.2 Å². The number of ether oxygens (including phenoxy) is 1. The highest BCUT2D eigenvalue weighted by Crippen LogP contribution is 2.35. The first-order valence-corrected chi connectivity index (χ1v) is 12.1. The molecule has 1 aromatic carbocycles. The lowest BCUT2D eigenvalue weighted by molar-refractivity contribution is 0.00580. The number of imidazole rings is 1. The van der Waals surface area contributed by atoms with E-state index in [4.69, 9.17) is 9.72 Å². The van der Waals surface area contributed by atoms with Crippen molar-refractivity contribution in [3.05, 3.63) is 65.9 Å². The van der Waals surface area contributed by atoms with E-state index in [9.17, 15) is 10.1 Å². The van der Waals surface area contributed by atoms with Gasteiger partial charge in [-0.2, -0.15) is 5.26 Å². The fourth-order valence-corrected chi connectivity index (χ4v) is 5.41. The molecule has 8 heteroatoms. The van der Waals surface area contributed by atoms with E-state index in [1.54, 1.807) is 18.3 Å². The number of carbonyl (C=O) groups excluding carboxylic acids is 1. The van der Waals surface area contributed by atoms with Crippen LogP contribution in [0.5, 0.6) is 0 Å². The minimum atomic E-state index is -0.0205. The molecule has 0 saturated carbocycles. The van der Waals surface area contributed by atoms with E-state index in [0.717, 1.165) is 47.0 Å². The van der Waals surface area contributed by atoms with Gasteiger partial charge in [-0.25, -0.2) is 4.98 Å². The largest absolute Gasteiger partial charge is 0.378 e. The molecule has 1 unspecified atom stereocenters. The molecule has 176 valence electrons. The molecular weight excluding hydrogens is 440 g/mol. The molecule has 0 bridgehead atoms. The molecule has 0 radical (unpaired) electrons. The number of rotatable bonds is 4. The van der Waals surface area contributed by atoms with Crippen LogP contribution in [0.15, 0.2) is 48.8 Å². The van der Waals surface area contributed by atoms with Crippen molar-refractivity contribution in [2.24, 2.45) is 5.92 Å². The Labute approximate surface area is 203 Å². The Kier molecular flexibility index (Phi) is 5.42. The molecule has 0 aliphatic carbocycles. The maximum absolute atomic E-state index is 12.7. The third-order valence-electron chi connectivity index (χ3n) is 7.14. The first-order chi connectivity index (χ1) is 17.1. The van der Waals surface area contributed by atoms with Gasteiger partial charge in [0.1, 0.15) is 17.0 Å². The number of nitrogens with zero attached hydrogens (tertiary/aromatic N) is 6. The first-order valence-electron chi connectivity index (χ1n) is 12.1. The predicted octanol–water partition coefficient (Wildman–Crippen LogP) is 3.91. The third-order valence-corrected chi connectivity index (χ3v) is 7.14. The number of nitriles is 1. The third kappa shape index (κ3) is 3.92. The summed E-state index contributed by atoms with van der Waals surface area (Å²) in [6.45, 7) is 4.22. The quantitative estimate of drug-likeness (QED) is 0.452. The van der Waals surface area contributed by atoms with Gasteiger partial charge >= 0.3 is 0 Å². The normalized spacial score (nSPS) is 20.6. The molecule has 2 aliphatic rings. The maximum Gasteiger partial charge on any atom is 0.272 e. The van der Waals surface area contributed by atoms with E-state index in [0.29, 0.717) is 36.9 Å². The Bertz CT molecular complexity index is 1450. The van der Waals surface area contributed by atoms with Gasteiger partial charge in [0.05, 0.1) is 35.0 Å². The molecular formula is C27H26N6O2. The summed E-state index contributed by atoms with van der Waals surface area (Å²) in [5.41, 5.74) is 3.86. The fourth-order valence-electron chi connectivity index (χ4n) is 5.41. The number of pyridine rings is 2. The molecule has 2 fully saturated rings. The van der Waals surface area contributed by atoms with Gasteiger partial charge in [-0.15, -0.1) is 0 Å². The number of fused-ring (bicyclic) bond motifs is 3. The van der Waals surface area contributed by atoms with Gasteiger partial charge in [0.25, 0.3) is 5.91 Å². The number of hydrogen-bond acceptors (Lipinski definition) is 6. The zero-order valence-electron chi connectivity index (χ0n) is 19.6. The summed E-state index contributed by atoms with van der Waals surface area (Å²) in [7, 11) is 0. The molecule has 3 aromatic heterocycles. The number of benzene rings is 1. The molecule has 1 amide bonds. The van der Waals surface area contributed by atoms with Crippen molar-refractivity contribution in [3.63, 3.8) is 0 Å². The van der Waals surface area contributed by atoms with Crippen LogP contribution in [0.4, 0.5) is 0 Å². The fraction of sp³-hybridized carbons (Fsp3) is 0.370. The zero-order chi connectivity index (χ0) is 23.9. The smallest absolute Gasteiger partial charge is 0.272 e. The van der Waals surface area contributed by atoms with Crippen LogP contribution >= 0.6 is 0 Å². The molecule has 2 aliphatic heterocycles. The molecule has 6 rings (SSSR count). The van der Waals surface area contributed by atoms with E-state index in [2.05, 4.69) is 27.5 Å². The van der Waals surface area contributed by atoms with Crippen molar-refractivity contribution in [1.29, 1.82) is 5.26 Å². The molecule has 4 aromatic rings. The average Bonchev–Trinajstić information content (AvgIpc) is 3.24. The standard InChI is InChI=1S/C27H26N6O2/c1-17-10-20(7-9-35-17)33-25(12-19-15-32(16-19)27(34)23-4-2-3-8-29-23)31-24-14-30-22-6-5-18(13-28)11-21(22)26(24)33/h2-6,8,11,14,17,19-20H,7,9-10,12,15-16H2,1H3/t17-,20?/m1/s1. The summed E-state index contributed by atoms with van der Waals surface area (Å²) in [6, 6.07) is 13.6. The molecule has 35 heavy (non-hydrogen) atoms. The van der Waals surface area contributed by atoms with Crippen LogP contribution in [0.3, 0.4) is 0 Å². The summed E-state index contributed by atoms with van der Waals surface area (Å²) >= 11 is 0. The van der Waals surface area contributed by atoms with Gasteiger partial charge in [-0.05, 0) is 50.1 Å². The van der Waals surface area contributed by atoms with Crippen molar-refractivity contribution in [2.75, 3.05) is 19.7 Å². The van der Waals surface area contributed by atoms with Crippen LogP contribution in [0.1, 0.15) is 47.7 Å². The lowest BCUT2D eigenvalue weighted by Gasteiger charge is -2.39. The van der Waals surface area contributed by atoms with Gasteiger partial charge in [0.15, 0.2) is 0 Å². The SMILES string of the molecule is C[C@@H]1CC(n2c(CC3CN(C(=O)c4ccccn4)C3)nc3cnc4ccc(C#N)cc4c32)CCO1. The highest BCUT2D eigenvalue weighted by atomic mass is 16.5. The summed E-state index contributed by atoms with van der Waals surface area (Å²) in [5.74, 6) is 1.34. The van der Waals surface area contributed by atoms with Crippen molar-refractivity contribution in [2.45, 2.75) is 38.3 Å². The van der Waals surface area contributed by atoms with Gasteiger partial charge < -0.3 is 14.2 Å². The van der Waals surface area contributed by atoms with Crippen molar-refractivity contribution >= 4 is 27.8 Å². The topological polar surface area (TPSA) is 96.9 Å². The predicted molar refractivity (Wildman–Crippen MR) is 131 cm³/mol. The number of hydrogen-bond donors (Lipinski definition) is 0. The monoisotopic (exact) mass is 466 g/mol. The summed E-state index contributed by atoms with van der Waals surface area (Å²) in [5, 5.41) is 10.4. The average molecular weight is 467 g/mol. The van der Waals surface area contributed by atoms with Crippen molar-refractivity contribution in [1.82, 2.24) is 24.4 Å². The van der Waals surface area contributed by atoms with Crippen LogP contribution in [0.25, 0.3) is 21.9 Å². The molecule has 0 N–H and O–H groups in total. The van der Waals surface area contributed by atoms with Crippen LogP contribution in [-0.4, -0.2) is 56.1 Å². The van der Waals surface area contributed by atoms with Crippen LogP contribution in [0.2, 0.25) is 0 Å². The molecule has 5 heterocycles. The number of carbonyl (C=O) groups is 1. The summed E-state index contributed by atoms with van der Waals surface area (Å²) in [6.07, 6.45) is 6.28. The molecule has 8 nitrogen and oxygen atoms in total. The van der Waals surface area contributed by atoms with Crippen molar-refractivity contribution in [3.8, 4) is 6.07 Å². The van der Waals surface area contributed by atoms with Crippen molar-refractivity contribution < 1.29 is 9.53 Å². The van der Waals surface area contributed by atoms with Crippen LogP contribution < -0.4 is 0 Å². The summed E-state index contributed by atoms with van der Waals surface area (Å²) in [4.78, 5) is 28.4. The molecule has 2 saturated heterocycles. The molecule has 0 spiro atoms. The number of amides is 1. The minimum absolute atomic E-state index is 0.0205. The Hall–Kier alpha value is -3.83. The van der Waals surface area contributed by atoms with E-state index < -0.39 is 0 Å². The Morgan fingerprint density at radius 3 is 2.86 bits per heavy atom. The first kappa shape index (κ1) is 21.7. The highest BCUT2D eigenvalue weighted by molar-refractivity contribution is 6.03. The minimum Gasteiger partial charge on any atom is -0.378 e. The number of aromatic nitrogens is 4. The molecule has 2 atom stereocenters. The second-order valence-corrected chi connectivity index (χ2v) is 9.59. The van der Waals surface area contributed by atoms with Gasteiger partial charge in [0, 0.05) is 49.7 Å². The lowest BCUT2D eigenvalue weighted by atomic mass is 9.94. The second-order valence-electron chi connectivity index (χ2n) is 9.59. The Morgan fingerprint density at radius 2 is 2.09 bits per heavy atom. The maximum atomic E-state index is 12.7. The highest BCUT2D eigenvalue weighted by Gasteiger charge is 2.34. The van der Waals surface area contributed by atoms with E-state index >= 15 is 0 Å². The van der Waals surface area contributed by atoms with E-state index in [1.165, 1.54) is 0 Å². The van der Waals surface area contributed by atoms with Crippen LogP contribution in [0, 0.1) is 17.2 Å². The Morgan fingerprint density at radius 1 is 1.20 bits per heavy atom.